The number of anilines is 2. The Bertz CT molecular complexity index is 1950. The van der Waals surface area contributed by atoms with E-state index in [1.807, 2.05) is 12.1 Å². The van der Waals surface area contributed by atoms with E-state index in [9.17, 15) is 22.8 Å². The maximum absolute atomic E-state index is 13.6. The highest BCUT2D eigenvalue weighted by molar-refractivity contribution is 5.94. The maximum Gasteiger partial charge on any atom is 0.228 e. The standard InChI is InChI=1S/C20H18F2N2O.C20H19FN2O/c1-20(2)9-10-24(19(25)12-20)18-8-4-14(13-23-18)3-5-15-11-16(21)6-7-17(15)22;1-20(2)11-12-23(19(24)13-20)18-10-7-16(14-22-18)4-3-15-5-8-17(21)9-6-15/h4,6-8,11,13H,9-10,12H2,1-2H3;5-10,14H,11-13H2,1-2H3. The molecule has 0 saturated carbocycles. The molecule has 0 radical (unpaired) electrons. The van der Waals surface area contributed by atoms with Crippen molar-refractivity contribution in [3.05, 3.63) is 119 Å². The second-order valence-electron chi connectivity index (χ2n) is 13.7. The maximum atomic E-state index is 13.6. The summed E-state index contributed by atoms with van der Waals surface area (Å²) >= 11 is 0. The van der Waals surface area contributed by atoms with Crippen LogP contribution in [0.1, 0.15) is 75.6 Å². The lowest BCUT2D eigenvalue weighted by Gasteiger charge is -2.35. The van der Waals surface area contributed by atoms with Crippen LogP contribution >= 0.6 is 0 Å². The van der Waals surface area contributed by atoms with Gasteiger partial charge in [0.25, 0.3) is 0 Å². The van der Waals surface area contributed by atoms with Crippen LogP contribution in [-0.2, 0) is 9.59 Å². The van der Waals surface area contributed by atoms with Crippen molar-refractivity contribution in [2.24, 2.45) is 10.8 Å². The van der Waals surface area contributed by atoms with Crippen LogP contribution in [0.2, 0.25) is 0 Å². The Hall–Kier alpha value is -5.41. The average Bonchev–Trinajstić information content (AvgIpc) is 3.05. The Kier molecular flexibility index (Phi) is 10.5. The SMILES string of the molecule is CC1(C)CCN(c2ccc(C#Cc3cc(F)ccc3F)cn2)C(=O)C1.CC1(C)CCN(c2ccc(C#Cc3ccc(F)cc3)cn2)C(=O)C1. The third-order valence-electron chi connectivity index (χ3n) is 8.40. The number of aromatic nitrogens is 2. The van der Waals surface area contributed by atoms with Gasteiger partial charge in [-0.15, -0.1) is 0 Å². The summed E-state index contributed by atoms with van der Waals surface area (Å²) in [7, 11) is 0. The quantitative estimate of drug-likeness (QED) is 0.207. The zero-order chi connectivity index (χ0) is 35.2. The number of piperidine rings is 2. The Morgan fingerprint density at radius 2 is 1.04 bits per heavy atom. The fourth-order valence-electron chi connectivity index (χ4n) is 5.40. The van der Waals surface area contributed by atoms with Gasteiger partial charge in [-0.2, -0.15) is 0 Å². The molecule has 0 bridgehead atoms. The van der Waals surface area contributed by atoms with E-state index in [-0.39, 0.29) is 34.0 Å². The minimum Gasteiger partial charge on any atom is -0.297 e. The van der Waals surface area contributed by atoms with Crippen molar-refractivity contribution in [1.29, 1.82) is 0 Å². The number of rotatable bonds is 2. The zero-order valence-corrected chi connectivity index (χ0v) is 28.0. The Morgan fingerprint density at radius 3 is 1.51 bits per heavy atom. The third kappa shape index (κ3) is 9.58. The average molecular weight is 663 g/mol. The molecule has 0 atom stereocenters. The van der Waals surface area contributed by atoms with Gasteiger partial charge in [0.1, 0.15) is 29.1 Å². The van der Waals surface area contributed by atoms with Crippen LogP contribution in [0.25, 0.3) is 0 Å². The van der Waals surface area contributed by atoms with Gasteiger partial charge >= 0.3 is 0 Å². The van der Waals surface area contributed by atoms with Gasteiger partial charge in [-0.1, -0.05) is 51.4 Å². The summed E-state index contributed by atoms with van der Waals surface area (Å²) in [4.78, 5) is 36.6. The highest BCUT2D eigenvalue weighted by Crippen LogP contribution is 2.33. The van der Waals surface area contributed by atoms with Crippen molar-refractivity contribution in [1.82, 2.24) is 9.97 Å². The lowest BCUT2D eigenvalue weighted by molar-refractivity contribution is -0.123. The molecular formula is C40H37F3N4O2. The van der Waals surface area contributed by atoms with Crippen LogP contribution < -0.4 is 9.80 Å². The van der Waals surface area contributed by atoms with Gasteiger partial charge in [0.15, 0.2) is 0 Å². The van der Waals surface area contributed by atoms with Crippen LogP contribution in [0.3, 0.4) is 0 Å². The van der Waals surface area contributed by atoms with E-state index >= 15 is 0 Å². The van der Waals surface area contributed by atoms with E-state index in [0.29, 0.717) is 43.1 Å². The number of nitrogens with zero attached hydrogens (tertiary/aromatic N) is 4. The summed E-state index contributed by atoms with van der Waals surface area (Å²) in [6.07, 6.45) is 6.12. The van der Waals surface area contributed by atoms with E-state index in [1.54, 1.807) is 40.3 Å². The Morgan fingerprint density at radius 1 is 0.592 bits per heavy atom. The van der Waals surface area contributed by atoms with E-state index in [0.717, 1.165) is 42.2 Å². The second-order valence-corrected chi connectivity index (χ2v) is 13.7. The molecule has 2 fully saturated rings. The van der Waals surface area contributed by atoms with E-state index in [2.05, 4.69) is 61.3 Å². The Balaban J connectivity index is 0.000000191. The summed E-state index contributed by atoms with van der Waals surface area (Å²) in [5.41, 5.74) is 2.15. The highest BCUT2D eigenvalue weighted by atomic mass is 19.1. The van der Waals surface area contributed by atoms with Crippen LogP contribution in [0.4, 0.5) is 24.8 Å². The van der Waals surface area contributed by atoms with E-state index in [4.69, 9.17) is 0 Å². The number of halogens is 3. The normalized spacial score (nSPS) is 16.4. The molecule has 250 valence electrons. The first-order chi connectivity index (χ1) is 23.3. The zero-order valence-electron chi connectivity index (χ0n) is 28.0. The fourth-order valence-corrected chi connectivity index (χ4v) is 5.40. The number of carbonyl (C=O) groups is 2. The molecule has 9 heteroatoms. The smallest absolute Gasteiger partial charge is 0.228 e. The van der Waals surface area contributed by atoms with E-state index < -0.39 is 11.6 Å². The van der Waals surface area contributed by atoms with Crippen LogP contribution in [0.15, 0.2) is 79.1 Å². The van der Waals surface area contributed by atoms with Gasteiger partial charge in [0, 0.05) is 55.0 Å². The number of amides is 2. The first kappa shape index (κ1) is 34.9. The van der Waals surface area contributed by atoms with Crippen molar-refractivity contribution in [2.75, 3.05) is 22.9 Å². The first-order valence-corrected chi connectivity index (χ1v) is 16.0. The molecule has 2 aliphatic heterocycles. The predicted octanol–water partition coefficient (Wildman–Crippen LogP) is 7.69. The molecule has 2 aromatic heterocycles. The molecule has 4 heterocycles. The second kappa shape index (κ2) is 14.8. The van der Waals surface area contributed by atoms with Crippen molar-refractivity contribution < 1.29 is 22.8 Å². The highest BCUT2D eigenvalue weighted by Gasteiger charge is 2.33. The topological polar surface area (TPSA) is 66.4 Å². The molecule has 6 nitrogen and oxygen atoms in total. The molecular weight excluding hydrogens is 625 g/mol. The summed E-state index contributed by atoms with van der Waals surface area (Å²) in [5.74, 6) is 11.4. The summed E-state index contributed by atoms with van der Waals surface area (Å²) in [6.45, 7) is 9.73. The molecule has 4 aromatic rings. The predicted molar refractivity (Wildman–Crippen MR) is 184 cm³/mol. The number of carbonyl (C=O) groups excluding carboxylic acids is 2. The lowest BCUT2D eigenvalue weighted by Crippen LogP contribution is -2.42. The molecule has 6 rings (SSSR count). The third-order valence-corrected chi connectivity index (χ3v) is 8.40. The van der Waals surface area contributed by atoms with Crippen molar-refractivity contribution >= 4 is 23.5 Å². The van der Waals surface area contributed by atoms with Crippen LogP contribution in [0.5, 0.6) is 0 Å². The molecule has 0 aliphatic carbocycles. The number of benzene rings is 2. The Labute approximate surface area is 285 Å². The van der Waals surface area contributed by atoms with Crippen molar-refractivity contribution in [2.45, 2.75) is 53.4 Å². The molecule has 2 saturated heterocycles. The lowest BCUT2D eigenvalue weighted by atomic mass is 9.82. The number of hydrogen-bond donors (Lipinski definition) is 0. The largest absolute Gasteiger partial charge is 0.297 e. The molecule has 2 aliphatic rings. The van der Waals surface area contributed by atoms with Gasteiger partial charge in [-0.05, 0) is 90.4 Å². The van der Waals surface area contributed by atoms with Crippen molar-refractivity contribution in [3.8, 4) is 23.7 Å². The minimum atomic E-state index is -0.569. The van der Waals surface area contributed by atoms with Gasteiger partial charge < -0.3 is 0 Å². The van der Waals surface area contributed by atoms with E-state index in [1.165, 1.54) is 18.3 Å². The van der Waals surface area contributed by atoms with Gasteiger partial charge in [-0.25, -0.2) is 23.1 Å². The summed E-state index contributed by atoms with van der Waals surface area (Å²) in [5, 5.41) is 0. The number of hydrogen-bond acceptors (Lipinski definition) is 4. The van der Waals surface area contributed by atoms with Crippen LogP contribution in [0, 0.1) is 52.0 Å². The van der Waals surface area contributed by atoms with Gasteiger partial charge in [0.2, 0.25) is 11.8 Å². The number of pyridine rings is 2. The summed E-state index contributed by atoms with van der Waals surface area (Å²) < 4.78 is 39.6. The molecule has 2 aromatic carbocycles. The molecule has 2 amide bonds. The molecule has 0 N–H and O–H groups in total. The summed E-state index contributed by atoms with van der Waals surface area (Å²) in [6, 6.07) is 16.3. The first-order valence-electron chi connectivity index (χ1n) is 16.0. The molecule has 0 spiro atoms. The van der Waals surface area contributed by atoms with Gasteiger partial charge in [-0.3, -0.25) is 19.4 Å². The van der Waals surface area contributed by atoms with Crippen molar-refractivity contribution in [3.63, 3.8) is 0 Å². The molecule has 0 unspecified atom stereocenters. The molecule has 49 heavy (non-hydrogen) atoms. The fraction of sp³-hybridized carbons (Fsp3) is 0.300. The van der Waals surface area contributed by atoms with Crippen LogP contribution in [-0.4, -0.2) is 34.9 Å². The minimum absolute atomic E-state index is 0.00230. The monoisotopic (exact) mass is 662 g/mol. The van der Waals surface area contributed by atoms with Gasteiger partial charge in [0.05, 0.1) is 5.56 Å².